The largest absolute Gasteiger partial charge is 0.394 e. The molecule has 2 heterocycles. The van der Waals surface area contributed by atoms with Gasteiger partial charge in [-0.15, -0.1) is 0 Å². The van der Waals surface area contributed by atoms with E-state index in [1.165, 1.54) is 19.3 Å². The summed E-state index contributed by atoms with van der Waals surface area (Å²) in [5, 5.41) is 30.1. The number of aliphatic hydroxyl groups excluding tert-OH is 3. The first-order valence-corrected chi connectivity index (χ1v) is 8.11. The van der Waals surface area contributed by atoms with E-state index in [0.717, 1.165) is 23.9 Å². The topological polar surface area (TPSA) is 76.3 Å². The summed E-state index contributed by atoms with van der Waals surface area (Å²) in [7, 11) is 0. The molecule has 0 spiro atoms. The maximum absolute atomic E-state index is 9.96. The fourth-order valence-corrected chi connectivity index (χ4v) is 4.04. The summed E-state index contributed by atoms with van der Waals surface area (Å²) in [5.41, 5.74) is 0. The lowest BCUT2D eigenvalue weighted by Gasteiger charge is -2.24. The summed E-state index contributed by atoms with van der Waals surface area (Å²) in [4.78, 5) is 6.49. The molecule has 0 aromatic carbocycles. The maximum Gasteiger partial charge on any atom is 0.160 e. The Hall–Kier alpha value is -0.300. The van der Waals surface area contributed by atoms with E-state index in [9.17, 15) is 15.3 Å². The molecule has 0 unspecified atom stereocenters. The van der Waals surface area contributed by atoms with Crippen LogP contribution in [0.1, 0.15) is 32.6 Å². The summed E-state index contributed by atoms with van der Waals surface area (Å²) < 4.78 is 0. The predicted molar refractivity (Wildman–Crippen MR) is 77.4 cm³/mol. The number of fused-ring (bicyclic) bond motifs is 1. The minimum Gasteiger partial charge on any atom is -0.394 e. The van der Waals surface area contributed by atoms with E-state index >= 15 is 0 Å². The van der Waals surface area contributed by atoms with Crippen molar-refractivity contribution in [1.29, 1.82) is 0 Å². The Labute approximate surface area is 118 Å². The van der Waals surface area contributed by atoms with Gasteiger partial charge >= 0.3 is 0 Å². The first kappa shape index (κ1) is 15.1. The first-order chi connectivity index (χ1) is 9.20. The second kappa shape index (κ2) is 6.92. The molecule has 2 saturated heterocycles. The van der Waals surface area contributed by atoms with Crippen molar-refractivity contribution in [2.45, 2.75) is 56.9 Å². The van der Waals surface area contributed by atoms with Gasteiger partial charge in [0.1, 0.15) is 12.2 Å². The van der Waals surface area contributed by atoms with Gasteiger partial charge < -0.3 is 20.2 Å². The maximum atomic E-state index is 9.96. The minimum absolute atomic E-state index is 0.105. The fraction of sp³-hybridized carbons (Fsp3) is 0.923. The number of rotatable bonds is 6. The number of hydrogen-bond donors (Lipinski definition) is 3. The van der Waals surface area contributed by atoms with Gasteiger partial charge in [0, 0.05) is 12.3 Å². The lowest BCUT2D eigenvalue weighted by Crippen LogP contribution is -2.41. The van der Waals surface area contributed by atoms with Gasteiger partial charge in [-0.3, -0.25) is 4.99 Å². The van der Waals surface area contributed by atoms with Gasteiger partial charge in [0.2, 0.25) is 0 Å². The zero-order chi connectivity index (χ0) is 13.8. The Kier molecular flexibility index (Phi) is 5.50. The number of amidine groups is 1. The molecule has 0 aliphatic carbocycles. The lowest BCUT2D eigenvalue weighted by molar-refractivity contribution is 0.0206. The van der Waals surface area contributed by atoms with E-state index in [-0.39, 0.29) is 12.6 Å². The molecule has 2 fully saturated rings. The van der Waals surface area contributed by atoms with Crippen LogP contribution in [0.25, 0.3) is 0 Å². The van der Waals surface area contributed by atoms with Crippen LogP contribution in [0.2, 0.25) is 0 Å². The van der Waals surface area contributed by atoms with E-state index < -0.39 is 18.2 Å². The predicted octanol–water partition coefficient (Wildman–Crippen LogP) is 0.436. The Morgan fingerprint density at radius 3 is 2.74 bits per heavy atom. The van der Waals surface area contributed by atoms with Gasteiger partial charge in [-0.1, -0.05) is 37.9 Å². The van der Waals surface area contributed by atoms with Gasteiger partial charge in [0.25, 0.3) is 0 Å². The lowest BCUT2D eigenvalue weighted by atomic mass is 10.1. The van der Waals surface area contributed by atoms with Crippen molar-refractivity contribution in [3.8, 4) is 0 Å². The Morgan fingerprint density at radius 2 is 2.05 bits per heavy atom. The average Bonchev–Trinajstić information content (AvgIpc) is 2.91. The highest BCUT2D eigenvalue weighted by Crippen LogP contribution is 2.36. The molecule has 0 aromatic heterocycles. The van der Waals surface area contributed by atoms with Gasteiger partial charge in [-0.05, 0) is 6.42 Å². The van der Waals surface area contributed by atoms with E-state index in [1.54, 1.807) is 11.8 Å². The van der Waals surface area contributed by atoms with Crippen LogP contribution in [0.5, 0.6) is 0 Å². The quantitative estimate of drug-likeness (QED) is 0.618. The van der Waals surface area contributed by atoms with Crippen molar-refractivity contribution in [1.82, 2.24) is 4.90 Å². The zero-order valence-corrected chi connectivity index (χ0v) is 12.2. The monoisotopic (exact) mass is 288 g/mol. The number of thioether (sulfide) groups is 1. The molecular weight excluding hydrogens is 264 g/mol. The van der Waals surface area contributed by atoms with E-state index in [0.29, 0.717) is 0 Å². The highest BCUT2D eigenvalue weighted by Gasteiger charge is 2.51. The molecule has 0 radical (unpaired) electrons. The van der Waals surface area contributed by atoms with Crippen molar-refractivity contribution in [3.05, 3.63) is 0 Å². The van der Waals surface area contributed by atoms with Crippen LogP contribution in [-0.4, -0.2) is 68.6 Å². The fourth-order valence-electron chi connectivity index (χ4n) is 2.76. The molecule has 5 nitrogen and oxygen atoms in total. The van der Waals surface area contributed by atoms with Crippen molar-refractivity contribution >= 4 is 16.9 Å². The molecular formula is C13H24N2O3S. The molecule has 0 bridgehead atoms. The highest BCUT2D eigenvalue weighted by atomic mass is 32.2. The Balaban J connectivity index is 1.94. The van der Waals surface area contributed by atoms with Crippen LogP contribution < -0.4 is 0 Å². The van der Waals surface area contributed by atoms with Crippen LogP contribution in [0, 0.1) is 0 Å². The van der Waals surface area contributed by atoms with Gasteiger partial charge in [-0.2, -0.15) is 0 Å². The molecule has 2 aliphatic rings. The van der Waals surface area contributed by atoms with Crippen LogP contribution in [0.4, 0.5) is 0 Å². The molecule has 4 atom stereocenters. The molecule has 19 heavy (non-hydrogen) atoms. The van der Waals surface area contributed by atoms with E-state index in [4.69, 9.17) is 0 Å². The number of aliphatic hydroxyl groups is 3. The zero-order valence-electron chi connectivity index (χ0n) is 11.4. The summed E-state index contributed by atoms with van der Waals surface area (Å²) in [6.07, 6.45) is 3.06. The van der Waals surface area contributed by atoms with Crippen LogP contribution in [-0.2, 0) is 0 Å². The number of hydrogen-bond acceptors (Lipinski definition) is 5. The van der Waals surface area contributed by atoms with Crippen LogP contribution >= 0.6 is 11.8 Å². The second-order valence-corrected chi connectivity index (χ2v) is 6.23. The minimum atomic E-state index is -0.874. The van der Waals surface area contributed by atoms with Crippen molar-refractivity contribution in [2.75, 3.05) is 18.9 Å². The molecule has 3 N–H and O–H groups in total. The van der Waals surface area contributed by atoms with E-state index in [1.807, 2.05) is 4.90 Å². The highest BCUT2D eigenvalue weighted by molar-refractivity contribution is 8.14. The Morgan fingerprint density at radius 1 is 1.26 bits per heavy atom. The number of aliphatic imine (C=N–C) groups is 1. The van der Waals surface area contributed by atoms with Gasteiger partial charge in [0.05, 0.1) is 18.7 Å². The molecule has 6 heteroatoms. The average molecular weight is 288 g/mol. The first-order valence-electron chi connectivity index (χ1n) is 7.13. The standard InChI is InChI=1S/C13H24N2O3S/c1-2-3-4-5-6-14-13-15-9(7-16)11(17)12(18)10(15)8-19-13/h9-12,16-18H,2-8H2,1H3/t9-,10-,11-,12-/m1/s1. The SMILES string of the molecule is CCCCCCN=C1SC[C@@H]2[C@@H](O)[C@H](O)[C@@H](CO)N12. The summed E-state index contributed by atoms with van der Waals surface area (Å²) in [5.74, 6) is 0.739. The smallest absolute Gasteiger partial charge is 0.160 e. The normalized spacial score (nSPS) is 36.2. The summed E-state index contributed by atoms with van der Waals surface area (Å²) in [6.45, 7) is 2.82. The number of unbranched alkanes of at least 4 members (excludes halogenated alkanes) is 3. The second-order valence-electron chi connectivity index (χ2n) is 5.24. The van der Waals surface area contributed by atoms with Gasteiger partial charge in [0.15, 0.2) is 5.17 Å². The summed E-state index contributed by atoms with van der Waals surface area (Å²) >= 11 is 1.62. The summed E-state index contributed by atoms with van der Waals surface area (Å²) in [6, 6.07) is -0.518. The third kappa shape index (κ3) is 3.07. The molecule has 2 rings (SSSR count). The van der Waals surface area contributed by atoms with Crippen molar-refractivity contribution in [2.24, 2.45) is 4.99 Å². The van der Waals surface area contributed by atoms with Crippen LogP contribution in [0.3, 0.4) is 0 Å². The number of nitrogens with zero attached hydrogens (tertiary/aromatic N) is 2. The molecule has 0 aromatic rings. The molecule has 2 aliphatic heterocycles. The third-order valence-electron chi connectivity index (χ3n) is 3.90. The van der Waals surface area contributed by atoms with E-state index in [2.05, 4.69) is 11.9 Å². The molecule has 0 saturated carbocycles. The van der Waals surface area contributed by atoms with Crippen LogP contribution in [0.15, 0.2) is 4.99 Å². The van der Waals surface area contributed by atoms with Crippen molar-refractivity contribution in [3.63, 3.8) is 0 Å². The van der Waals surface area contributed by atoms with Gasteiger partial charge in [-0.25, -0.2) is 0 Å². The molecule has 110 valence electrons. The molecule has 0 amide bonds. The van der Waals surface area contributed by atoms with Crippen molar-refractivity contribution < 1.29 is 15.3 Å². The Bertz CT molecular complexity index is 325. The third-order valence-corrected chi connectivity index (χ3v) is 5.01.